The smallest absolute Gasteiger partial charge is 0.0897 e. The van der Waals surface area contributed by atoms with Crippen LogP contribution in [-0.4, -0.2) is 61.5 Å². The molecule has 19 heavy (non-hydrogen) atoms. The van der Waals surface area contributed by atoms with E-state index in [1.165, 1.54) is 32.1 Å². The van der Waals surface area contributed by atoms with E-state index in [2.05, 4.69) is 31.1 Å². The third-order valence-electron chi connectivity index (χ3n) is 4.19. The van der Waals surface area contributed by atoms with Gasteiger partial charge in [-0.15, -0.1) is 0 Å². The van der Waals surface area contributed by atoms with E-state index < -0.39 is 0 Å². The number of aliphatic hydroxyl groups excluding tert-OH is 1. The summed E-state index contributed by atoms with van der Waals surface area (Å²) in [7, 11) is 2.15. The molecule has 1 fully saturated rings. The van der Waals surface area contributed by atoms with Crippen molar-refractivity contribution in [1.29, 1.82) is 0 Å². The summed E-state index contributed by atoms with van der Waals surface area (Å²) in [5, 5.41) is 13.1. The molecule has 2 atom stereocenters. The molecule has 1 rings (SSSR count). The second-order valence-electron chi connectivity index (χ2n) is 5.84. The van der Waals surface area contributed by atoms with E-state index in [0.717, 1.165) is 13.1 Å². The number of aliphatic hydroxyl groups is 1. The number of hydrogen-bond donors (Lipinski definition) is 2. The van der Waals surface area contributed by atoms with Crippen molar-refractivity contribution in [2.24, 2.45) is 0 Å². The SMILES string of the molecule is CCC(C)N(C)CCNCC(O)COC1CCCC1. The fourth-order valence-corrected chi connectivity index (χ4v) is 2.42. The molecule has 2 N–H and O–H groups in total. The van der Waals surface area contributed by atoms with Crippen molar-refractivity contribution in [2.75, 3.05) is 33.3 Å². The first-order valence-electron chi connectivity index (χ1n) is 7.84. The van der Waals surface area contributed by atoms with Crippen LogP contribution >= 0.6 is 0 Å². The molecule has 0 spiro atoms. The van der Waals surface area contributed by atoms with Crippen LogP contribution in [0.15, 0.2) is 0 Å². The lowest BCUT2D eigenvalue weighted by Crippen LogP contribution is -2.38. The fraction of sp³-hybridized carbons (Fsp3) is 1.00. The highest BCUT2D eigenvalue weighted by molar-refractivity contribution is 4.69. The van der Waals surface area contributed by atoms with E-state index in [9.17, 15) is 5.11 Å². The Morgan fingerprint density at radius 1 is 1.37 bits per heavy atom. The Labute approximate surface area is 118 Å². The van der Waals surface area contributed by atoms with Crippen molar-refractivity contribution in [3.8, 4) is 0 Å². The zero-order valence-electron chi connectivity index (χ0n) is 12.9. The molecule has 0 radical (unpaired) electrons. The van der Waals surface area contributed by atoms with Crippen molar-refractivity contribution in [3.05, 3.63) is 0 Å². The number of nitrogens with zero attached hydrogens (tertiary/aromatic N) is 1. The Hall–Kier alpha value is -0.160. The van der Waals surface area contributed by atoms with Crippen LogP contribution in [0.4, 0.5) is 0 Å². The third kappa shape index (κ3) is 7.25. The summed E-state index contributed by atoms with van der Waals surface area (Å²) >= 11 is 0. The van der Waals surface area contributed by atoms with Crippen LogP contribution in [0.2, 0.25) is 0 Å². The standard InChI is InChI=1S/C15H32N2O2/c1-4-13(2)17(3)10-9-16-11-14(18)12-19-15-7-5-6-8-15/h13-16,18H,4-12H2,1-3H3. The van der Waals surface area contributed by atoms with Crippen molar-refractivity contribution < 1.29 is 9.84 Å². The van der Waals surface area contributed by atoms with E-state index in [4.69, 9.17) is 4.74 Å². The number of hydrogen-bond acceptors (Lipinski definition) is 4. The molecule has 0 aromatic carbocycles. The highest BCUT2D eigenvalue weighted by atomic mass is 16.5. The number of likely N-dealkylation sites (N-methyl/N-ethyl adjacent to an activating group) is 1. The lowest BCUT2D eigenvalue weighted by atomic mass is 10.2. The topological polar surface area (TPSA) is 44.7 Å². The quantitative estimate of drug-likeness (QED) is 0.593. The zero-order valence-corrected chi connectivity index (χ0v) is 12.9. The molecule has 4 heteroatoms. The van der Waals surface area contributed by atoms with E-state index in [1.54, 1.807) is 0 Å². The van der Waals surface area contributed by atoms with E-state index in [0.29, 0.717) is 25.3 Å². The van der Waals surface area contributed by atoms with Gasteiger partial charge in [0.15, 0.2) is 0 Å². The van der Waals surface area contributed by atoms with Gasteiger partial charge in [0, 0.05) is 25.7 Å². The third-order valence-corrected chi connectivity index (χ3v) is 4.19. The predicted molar refractivity (Wildman–Crippen MR) is 79.5 cm³/mol. The van der Waals surface area contributed by atoms with Crippen molar-refractivity contribution in [1.82, 2.24) is 10.2 Å². The number of nitrogens with one attached hydrogen (secondary N) is 1. The lowest BCUT2D eigenvalue weighted by Gasteiger charge is -2.24. The molecular formula is C15H32N2O2. The largest absolute Gasteiger partial charge is 0.389 e. The lowest BCUT2D eigenvalue weighted by molar-refractivity contribution is -0.00549. The van der Waals surface area contributed by atoms with Crippen LogP contribution in [0.25, 0.3) is 0 Å². The Morgan fingerprint density at radius 3 is 2.68 bits per heavy atom. The minimum Gasteiger partial charge on any atom is -0.389 e. The first kappa shape index (κ1) is 16.9. The Morgan fingerprint density at radius 2 is 2.05 bits per heavy atom. The summed E-state index contributed by atoms with van der Waals surface area (Å²) in [4.78, 5) is 2.34. The predicted octanol–water partition coefficient (Wildman–Crippen LogP) is 1.63. The molecule has 1 aliphatic carbocycles. The highest BCUT2D eigenvalue weighted by Gasteiger charge is 2.16. The molecular weight excluding hydrogens is 240 g/mol. The minimum absolute atomic E-state index is 0.380. The normalized spacial score (nSPS) is 20.1. The summed E-state index contributed by atoms with van der Waals surface area (Å²) in [6.07, 6.45) is 6.08. The van der Waals surface area contributed by atoms with Gasteiger partial charge in [-0.05, 0) is 33.2 Å². The van der Waals surface area contributed by atoms with E-state index in [-0.39, 0.29) is 6.10 Å². The summed E-state index contributed by atoms with van der Waals surface area (Å²) in [6, 6.07) is 0.623. The van der Waals surface area contributed by atoms with Gasteiger partial charge in [-0.2, -0.15) is 0 Å². The van der Waals surface area contributed by atoms with Gasteiger partial charge >= 0.3 is 0 Å². The first-order valence-corrected chi connectivity index (χ1v) is 7.84. The molecule has 2 unspecified atom stereocenters. The molecule has 0 aromatic rings. The second kappa shape index (κ2) is 9.70. The van der Waals surface area contributed by atoms with Gasteiger partial charge in [0.05, 0.1) is 18.8 Å². The summed E-state index contributed by atoms with van der Waals surface area (Å²) in [6.45, 7) is 7.48. The minimum atomic E-state index is -0.380. The fourth-order valence-electron chi connectivity index (χ4n) is 2.42. The Balaban J connectivity index is 1.96. The monoisotopic (exact) mass is 272 g/mol. The van der Waals surface area contributed by atoms with Crippen molar-refractivity contribution >= 4 is 0 Å². The molecule has 0 aliphatic heterocycles. The molecule has 0 bridgehead atoms. The Kier molecular flexibility index (Phi) is 8.62. The molecule has 0 heterocycles. The van der Waals surface area contributed by atoms with Crippen LogP contribution in [-0.2, 0) is 4.74 Å². The van der Waals surface area contributed by atoms with Gasteiger partial charge < -0.3 is 20.1 Å². The maximum absolute atomic E-state index is 9.83. The van der Waals surface area contributed by atoms with Crippen LogP contribution in [0, 0.1) is 0 Å². The molecule has 1 saturated carbocycles. The highest BCUT2D eigenvalue weighted by Crippen LogP contribution is 2.20. The van der Waals surface area contributed by atoms with Gasteiger partial charge in [0.25, 0.3) is 0 Å². The molecule has 0 aromatic heterocycles. The van der Waals surface area contributed by atoms with Crippen LogP contribution in [0.3, 0.4) is 0 Å². The maximum atomic E-state index is 9.83. The second-order valence-corrected chi connectivity index (χ2v) is 5.84. The van der Waals surface area contributed by atoms with Gasteiger partial charge in [0.2, 0.25) is 0 Å². The number of rotatable bonds is 10. The van der Waals surface area contributed by atoms with E-state index in [1.807, 2.05) is 0 Å². The van der Waals surface area contributed by atoms with Gasteiger partial charge in [-0.1, -0.05) is 19.8 Å². The zero-order chi connectivity index (χ0) is 14.1. The van der Waals surface area contributed by atoms with Crippen molar-refractivity contribution in [3.63, 3.8) is 0 Å². The summed E-state index contributed by atoms with van der Waals surface area (Å²) in [5.41, 5.74) is 0. The molecule has 1 aliphatic rings. The Bertz CT molecular complexity index is 220. The summed E-state index contributed by atoms with van der Waals surface area (Å²) < 4.78 is 5.70. The van der Waals surface area contributed by atoms with Gasteiger partial charge in [-0.3, -0.25) is 0 Å². The molecule has 0 amide bonds. The van der Waals surface area contributed by atoms with Crippen LogP contribution in [0.5, 0.6) is 0 Å². The molecule has 4 nitrogen and oxygen atoms in total. The van der Waals surface area contributed by atoms with Gasteiger partial charge in [-0.25, -0.2) is 0 Å². The van der Waals surface area contributed by atoms with Gasteiger partial charge in [0.1, 0.15) is 0 Å². The molecule has 114 valence electrons. The summed E-state index contributed by atoms with van der Waals surface area (Å²) in [5.74, 6) is 0. The maximum Gasteiger partial charge on any atom is 0.0897 e. The van der Waals surface area contributed by atoms with Crippen LogP contribution in [0.1, 0.15) is 46.0 Å². The van der Waals surface area contributed by atoms with Crippen molar-refractivity contribution in [2.45, 2.75) is 64.2 Å². The molecule has 0 saturated heterocycles. The average Bonchev–Trinajstić information content (AvgIpc) is 2.93. The van der Waals surface area contributed by atoms with E-state index >= 15 is 0 Å². The number of ether oxygens (including phenoxy) is 1. The van der Waals surface area contributed by atoms with Crippen LogP contribution < -0.4 is 5.32 Å². The first-order chi connectivity index (χ1) is 9.13. The average molecular weight is 272 g/mol.